The van der Waals surface area contributed by atoms with E-state index in [9.17, 15) is 0 Å². The van der Waals surface area contributed by atoms with Gasteiger partial charge in [0.15, 0.2) is 0 Å². The van der Waals surface area contributed by atoms with Gasteiger partial charge in [0.1, 0.15) is 0 Å². The number of aromatic nitrogens is 6. The summed E-state index contributed by atoms with van der Waals surface area (Å²) in [5, 5.41) is 0. The van der Waals surface area contributed by atoms with Crippen molar-refractivity contribution in [3.05, 3.63) is 154 Å². The quantitative estimate of drug-likeness (QED) is 0.161. The highest BCUT2D eigenvalue weighted by molar-refractivity contribution is 6.03. The molecule has 0 radical (unpaired) electrons. The molecule has 0 saturated heterocycles. The molecule has 2 aromatic carbocycles. The Labute approximate surface area is 353 Å². The van der Waals surface area contributed by atoms with Gasteiger partial charge in [-0.25, -0.2) is 9.97 Å². The lowest BCUT2D eigenvalue weighted by molar-refractivity contribution is 1.14. The van der Waals surface area contributed by atoms with Gasteiger partial charge in [0, 0.05) is 45.7 Å². The minimum atomic E-state index is 0.861. The second-order valence-electron chi connectivity index (χ2n) is 16.0. The van der Waals surface area contributed by atoms with Crippen LogP contribution < -0.4 is 0 Å². The number of hydrogen-bond acceptors (Lipinski definition) is 4. The largest absolute Gasteiger partial charge is 0.354 e. The predicted molar refractivity (Wildman–Crippen MR) is 252 cm³/mol. The summed E-state index contributed by atoms with van der Waals surface area (Å²) >= 11 is 0. The van der Waals surface area contributed by atoms with Gasteiger partial charge in [0.2, 0.25) is 0 Å². The van der Waals surface area contributed by atoms with Crippen molar-refractivity contribution >= 4 is 44.4 Å². The third kappa shape index (κ3) is 6.51. The molecule has 9 rings (SSSR count). The van der Waals surface area contributed by atoms with Crippen molar-refractivity contribution in [3.8, 4) is 44.8 Å². The van der Waals surface area contributed by atoms with E-state index in [1.807, 2.05) is 36.7 Å². The molecule has 6 heteroatoms. The smallest absolute Gasteiger partial charge is 0.0769 e. The van der Waals surface area contributed by atoms with Gasteiger partial charge < -0.3 is 9.97 Å². The zero-order valence-corrected chi connectivity index (χ0v) is 36.0. The van der Waals surface area contributed by atoms with E-state index in [1.165, 1.54) is 44.5 Å². The van der Waals surface area contributed by atoms with E-state index >= 15 is 0 Å². The molecule has 2 aliphatic heterocycles. The Bertz CT molecular complexity index is 2840. The first kappa shape index (κ1) is 38.8. The molecule has 0 atom stereocenters. The summed E-state index contributed by atoms with van der Waals surface area (Å²) in [5.41, 5.74) is 26.8. The van der Waals surface area contributed by atoms with Crippen LogP contribution in [0.5, 0.6) is 0 Å². The van der Waals surface area contributed by atoms with Crippen molar-refractivity contribution in [2.24, 2.45) is 0 Å². The van der Waals surface area contributed by atoms with Crippen LogP contribution in [-0.4, -0.2) is 29.9 Å². The number of allylic oxidation sites excluding steroid dienone is 4. The van der Waals surface area contributed by atoms with Gasteiger partial charge >= 0.3 is 0 Å². The number of pyridine rings is 2. The number of hydrogen-bond donors (Lipinski definition) is 2. The highest BCUT2D eigenvalue weighted by Gasteiger charge is 2.26. The molecule has 60 heavy (non-hydrogen) atoms. The van der Waals surface area contributed by atoms with Gasteiger partial charge in [0.25, 0.3) is 0 Å². The number of benzene rings is 2. The van der Waals surface area contributed by atoms with Crippen LogP contribution in [0.15, 0.2) is 109 Å². The Balaban J connectivity index is 1.46. The maximum atomic E-state index is 5.63. The van der Waals surface area contributed by atoms with E-state index in [-0.39, 0.29) is 0 Å². The fourth-order valence-electron chi connectivity index (χ4n) is 9.61. The van der Waals surface area contributed by atoms with Crippen LogP contribution in [0.2, 0.25) is 0 Å². The Morgan fingerprint density at radius 1 is 0.433 bits per heavy atom. The predicted octanol–water partition coefficient (Wildman–Crippen LogP) is 14.2. The Morgan fingerprint density at radius 3 is 1.22 bits per heavy atom. The standard InChI is InChI=1S/C54H52N6/c1-9-39-31(5)51-49(37-21-17-19-35(27-37)43-23-13-15-25-55-43)52-33(7)41(11-3)47(59-52)30-48-42(12-4)34(8)54(60-48)50(38-22-18-20-36(28-38)44-24-14-16-26-56-44)53-32(6)40(10-2)46(58-53)29-45(39)57-51/h13-30,57,60H,9-12H2,1-8H3. The van der Waals surface area contributed by atoms with Crippen LogP contribution in [-0.2, 0) is 12.8 Å². The van der Waals surface area contributed by atoms with E-state index in [2.05, 4.69) is 138 Å². The lowest BCUT2D eigenvalue weighted by atomic mass is 9.94. The molecule has 298 valence electrons. The second kappa shape index (κ2) is 15.8. The van der Waals surface area contributed by atoms with E-state index in [0.29, 0.717) is 0 Å². The molecule has 0 aliphatic carbocycles. The second-order valence-corrected chi connectivity index (χ2v) is 16.0. The van der Waals surface area contributed by atoms with Crippen molar-refractivity contribution in [2.45, 2.75) is 81.1 Å². The number of aryl methyl sites for hydroxylation is 4. The van der Waals surface area contributed by atoms with Gasteiger partial charge in [-0.05, 0) is 158 Å². The molecule has 0 saturated carbocycles. The molecule has 7 aromatic rings. The van der Waals surface area contributed by atoms with Crippen LogP contribution >= 0.6 is 0 Å². The van der Waals surface area contributed by atoms with Crippen molar-refractivity contribution in [2.75, 3.05) is 0 Å². The number of H-pyrrole nitrogens is 2. The van der Waals surface area contributed by atoms with E-state index in [4.69, 9.17) is 19.9 Å². The molecule has 0 unspecified atom stereocenters. The number of fused-ring (bicyclic) bond motifs is 8. The summed E-state index contributed by atoms with van der Waals surface area (Å²) < 4.78 is 0. The van der Waals surface area contributed by atoms with Gasteiger partial charge in [-0.1, -0.05) is 76.2 Å². The molecule has 8 bridgehead atoms. The fraction of sp³-hybridized carbons (Fsp3) is 0.222. The van der Waals surface area contributed by atoms with Gasteiger partial charge in [0.05, 0.1) is 45.2 Å². The normalized spacial score (nSPS) is 12.8. The summed E-state index contributed by atoms with van der Waals surface area (Å²) in [6, 6.07) is 34.3. The molecule has 0 fully saturated rings. The van der Waals surface area contributed by atoms with E-state index in [0.717, 1.165) is 115 Å². The molecule has 6 nitrogen and oxygen atoms in total. The zero-order valence-electron chi connectivity index (χ0n) is 36.0. The molecule has 7 heterocycles. The Hall–Kier alpha value is -6.66. The van der Waals surface area contributed by atoms with Crippen LogP contribution in [0.3, 0.4) is 0 Å². The Kier molecular flexibility index (Phi) is 10.2. The molecule has 5 aromatic heterocycles. The van der Waals surface area contributed by atoms with Crippen molar-refractivity contribution in [1.29, 1.82) is 0 Å². The number of aromatic amines is 2. The highest BCUT2D eigenvalue weighted by Crippen LogP contribution is 2.44. The van der Waals surface area contributed by atoms with Crippen LogP contribution in [0.1, 0.15) is 99.4 Å². The van der Waals surface area contributed by atoms with Gasteiger partial charge in [-0.2, -0.15) is 0 Å². The summed E-state index contributed by atoms with van der Waals surface area (Å²) in [6.07, 6.45) is 7.19. The van der Waals surface area contributed by atoms with Crippen molar-refractivity contribution < 1.29 is 0 Å². The first-order valence-corrected chi connectivity index (χ1v) is 21.5. The first-order valence-electron chi connectivity index (χ1n) is 21.5. The topological polar surface area (TPSA) is 83.1 Å². The molecular weight excluding hydrogens is 733 g/mol. The van der Waals surface area contributed by atoms with E-state index < -0.39 is 0 Å². The third-order valence-corrected chi connectivity index (χ3v) is 12.7. The minimum Gasteiger partial charge on any atom is -0.354 e. The van der Waals surface area contributed by atoms with Crippen molar-refractivity contribution in [3.63, 3.8) is 0 Å². The van der Waals surface area contributed by atoms with E-state index in [1.54, 1.807) is 0 Å². The summed E-state index contributed by atoms with van der Waals surface area (Å²) in [7, 11) is 0. The van der Waals surface area contributed by atoms with Gasteiger partial charge in [-0.3, -0.25) is 9.97 Å². The minimum absolute atomic E-state index is 0.861. The maximum Gasteiger partial charge on any atom is 0.0769 e. The lowest BCUT2D eigenvalue weighted by Crippen LogP contribution is -1.91. The third-order valence-electron chi connectivity index (χ3n) is 12.7. The van der Waals surface area contributed by atoms with Gasteiger partial charge in [-0.15, -0.1) is 0 Å². The fourth-order valence-corrected chi connectivity index (χ4v) is 9.61. The van der Waals surface area contributed by atoms with Crippen molar-refractivity contribution in [1.82, 2.24) is 29.9 Å². The molecular formula is C54H52N6. The Morgan fingerprint density at radius 2 is 0.850 bits per heavy atom. The van der Waals surface area contributed by atoms with Crippen LogP contribution in [0, 0.1) is 13.8 Å². The SMILES string of the molecule is CCC1=C(C)c2nc1cc1[nH]c(c(C)c1CC)c(-c1cccc(-c3ccccn3)c1)c1nc(cc3[nH]c(c(C)c3CC)c2-c2cccc(-c3ccccn3)c2)C(CC)=C1C. The molecule has 0 amide bonds. The monoisotopic (exact) mass is 784 g/mol. The zero-order chi connectivity index (χ0) is 41.7. The number of nitrogens with one attached hydrogen (secondary N) is 2. The first-order chi connectivity index (χ1) is 29.2. The van der Waals surface area contributed by atoms with Crippen LogP contribution in [0.25, 0.3) is 89.1 Å². The summed E-state index contributed by atoms with van der Waals surface area (Å²) in [6.45, 7) is 18.0. The molecule has 2 aliphatic rings. The lowest BCUT2D eigenvalue weighted by Gasteiger charge is -2.10. The number of rotatable bonds is 8. The average molecular weight is 785 g/mol. The van der Waals surface area contributed by atoms with Crippen LogP contribution in [0.4, 0.5) is 0 Å². The highest BCUT2D eigenvalue weighted by atomic mass is 14.8. The average Bonchev–Trinajstić information content (AvgIpc) is 3.97. The molecule has 2 N–H and O–H groups in total. The summed E-state index contributed by atoms with van der Waals surface area (Å²) in [4.78, 5) is 28.7. The number of nitrogens with zero attached hydrogens (tertiary/aromatic N) is 4. The molecule has 0 spiro atoms. The maximum absolute atomic E-state index is 5.63. The summed E-state index contributed by atoms with van der Waals surface area (Å²) in [5.74, 6) is 0.